The Balaban J connectivity index is 2.28. The van der Waals surface area contributed by atoms with Gasteiger partial charge in [-0.25, -0.2) is 4.79 Å². The van der Waals surface area contributed by atoms with Gasteiger partial charge in [0.15, 0.2) is 0 Å². The fourth-order valence-corrected chi connectivity index (χ4v) is 4.26. The molecule has 0 aromatic heterocycles. The van der Waals surface area contributed by atoms with Gasteiger partial charge in [0.25, 0.3) is 0 Å². The SMILES string of the molecule is CCOC(=O)[C@]1(C#N)C(N)=C(C#N)C2=CCC[C@@H]2[C@H]1c1ccc(OC)cc1. The number of allylic oxidation sites excluding steroid dienone is 3. The number of rotatable bonds is 4. The monoisotopic (exact) mass is 363 g/mol. The van der Waals surface area contributed by atoms with Crippen LogP contribution in [0.3, 0.4) is 0 Å². The number of carbonyl (C=O) groups excluding carboxylic acids is 1. The molecule has 0 fully saturated rings. The molecule has 0 unspecified atom stereocenters. The first-order valence-electron chi connectivity index (χ1n) is 8.88. The molecule has 0 bridgehead atoms. The summed E-state index contributed by atoms with van der Waals surface area (Å²) in [5.41, 5.74) is 6.42. The Hall–Kier alpha value is -3.25. The topological polar surface area (TPSA) is 109 Å². The van der Waals surface area contributed by atoms with Gasteiger partial charge >= 0.3 is 5.97 Å². The molecule has 6 nitrogen and oxygen atoms in total. The van der Waals surface area contributed by atoms with E-state index < -0.39 is 17.3 Å². The number of esters is 1. The van der Waals surface area contributed by atoms with Crippen molar-refractivity contribution >= 4 is 5.97 Å². The molecule has 2 aliphatic rings. The molecule has 3 rings (SSSR count). The van der Waals surface area contributed by atoms with Crippen LogP contribution in [0.4, 0.5) is 0 Å². The second-order valence-corrected chi connectivity index (χ2v) is 6.63. The smallest absolute Gasteiger partial charge is 0.333 e. The minimum absolute atomic E-state index is 0.0174. The second kappa shape index (κ2) is 7.17. The molecule has 0 heterocycles. The minimum atomic E-state index is -1.73. The number of methoxy groups -OCH3 is 1. The molecule has 0 aliphatic heterocycles. The predicted octanol–water partition coefficient (Wildman–Crippen LogP) is 2.94. The molecule has 0 saturated carbocycles. The Kier molecular flexibility index (Phi) is 4.92. The lowest BCUT2D eigenvalue weighted by Crippen LogP contribution is -2.48. The molecule has 2 N–H and O–H groups in total. The van der Waals surface area contributed by atoms with E-state index in [-0.39, 0.29) is 23.8 Å². The van der Waals surface area contributed by atoms with E-state index in [1.165, 1.54) is 0 Å². The van der Waals surface area contributed by atoms with Gasteiger partial charge < -0.3 is 15.2 Å². The van der Waals surface area contributed by atoms with Gasteiger partial charge in [0, 0.05) is 5.92 Å². The zero-order chi connectivity index (χ0) is 19.6. The van der Waals surface area contributed by atoms with Crippen molar-refractivity contribution in [3.05, 3.63) is 52.7 Å². The highest BCUT2D eigenvalue weighted by Crippen LogP contribution is 2.57. The number of nitrogens with zero attached hydrogens (tertiary/aromatic N) is 2. The lowest BCUT2D eigenvalue weighted by molar-refractivity contribution is -0.152. The van der Waals surface area contributed by atoms with Crippen molar-refractivity contribution in [2.75, 3.05) is 13.7 Å². The van der Waals surface area contributed by atoms with Crippen molar-refractivity contribution in [3.8, 4) is 17.9 Å². The van der Waals surface area contributed by atoms with Gasteiger partial charge in [0.1, 0.15) is 11.8 Å². The molecule has 0 radical (unpaired) electrons. The van der Waals surface area contributed by atoms with E-state index in [1.54, 1.807) is 26.2 Å². The van der Waals surface area contributed by atoms with Crippen LogP contribution < -0.4 is 10.5 Å². The van der Waals surface area contributed by atoms with E-state index in [0.29, 0.717) is 5.75 Å². The van der Waals surface area contributed by atoms with E-state index >= 15 is 0 Å². The van der Waals surface area contributed by atoms with Crippen LogP contribution in [-0.4, -0.2) is 19.7 Å². The molecular weight excluding hydrogens is 342 g/mol. The number of hydrogen-bond acceptors (Lipinski definition) is 6. The van der Waals surface area contributed by atoms with E-state index in [2.05, 4.69) is 12.1 Å². The summed E-state index contributed by atoms with van der Waals surface area (Å²) < 4.78 is 10.5. The number of benzene rings is 1. The standard InChI is InChI=1S/C21H21N3O3/c1-3-27-20(25)21(12-23)18(13-7-9-14(26-2)10-8-13)16-6-4-5-15(16)17(11-22)19(21)24/h5,7-10,16,18H,3-4,6,24H2,1-2H3/t16-,18+,21-/m0/s1. The first kappa shape index (κ1) is 18.5. The van der Waals surface area contributed by atoms with Crippen molar-refractivity contribution in [1.29, 1.82) is 10.5 Å². The summed E-state index contributed by atoms with van der Waals surface area (Å²) in [5, 5.41) is 19.8. The van der Waals surface area contributed by atoms with Gasteiger partial charge in [-0.15, -0.1) is 0 Å². The number of carbonyl (C=O) groups is 1. The Morgan fingerprint density at radius 1 is 1.33 bits per heavy atom. The average Bonchev–Trinajstić information content (AvgIpc) is 3.16. The number of fused-ring (bicyclic) bond motifs is 1. The molecule has 1 aromatic carbocycles. The largest absolute Gasteiger partial charge is 0.497 e. The molecular formula is C21H21N3O3. The van der Waals surface area contributed by atoms with Crippen LogP contribution in [0, 0.1) is 34.0 Å². The summed E-state index contributed by atoms with van der Waals surface area (Å²) in [6.07, 6.45) is 3.50. The number of nitrogens with two attached hydrogens (primary N) is 1. The van der Waals surface area contributed by atoms with Gasteiger partial charge in [-0.2, -0.15) is 10.5 Å². The van der Waals surface area contributed by atoms with E-state index in [9.17, 15) is 15.3 Å². The zero-order valence-electron chi connectivity index (χ0n) is 15.4. The summed E-state index contributed by atoms with van der Waals surface area (Å²) >= 11 is 0. The van der Waals surface area contributed by atoms with Gasteiger partial charge in [-0.3, -0.25) is 0 Å². The molecule has 0 saturated heterocycles. The predicted molar refractivity (Wildman–Crippen MR) is 98.0 cm³/mol. The quantitative estimate of drug-likeness (QED) is 0.824. The third-order valence-electron chi connectivity index (χ3n) is 5.45. The maximum atomic E-state index is 13.0. The van der Waals surface area contributed by atoms with Crippen molar-refractivity contribution in [3.63, 3.8) is 0 Å². The molecule has 0 amide bonds. The third kappa shape index (κ3) is 2.65. The van der Waals surface area contributed by atoms with Crippen LogP contribution in [0.15, 0.2) is 47.2 Å². The highest BCUT2D eigenvalue weighted by molar-refractivity contribution is 5.87. The Morgan fingerprint density at radius 3 is 2.59 bits per heavy atom. The lowest BCUT2D eigenvalue weighted by Gasteiger charge is -2.42. The summed E-state index contributed by atoms with van der Waals surface area (Å²) in [4.78, 5) is 13.0. The fourth-order valence-electron chi connectivity index (χ4n) is 4.26. The van der Waals surface area contributed by atoms with Crippen molar-refractivity contribution in [2.45, 2.75) is 25.7 Å². The Labute approximate surface area is 158 Å². The molecule has 2 aliphatic carbocycles. The summed E-state index contributed by atoms with van der Waals surface area (Å²) in [5.74, 6) is -0.705. The summed E-state index contributed by atoms with van der Waals surface area (Å²) in [6.45, 7) is 1.81. The molecule has 3 atom stereocenters. The molecule has 1 aromatic rings. The maximum absolute atomic E-state index is 13.0. The average molecular weight is 363 g/mol. The number of ether oxygens (including phenoxy) is 2. The van der Waals surface area contributed by atoms with Crippen LogP contribution in [0.25, 0.3) is 0 Å². The molecule has 27 heavy (non-hydrogen) atoms. The number of hydrogen-bond donors (Lipinski definition) is 1. The lowest BCUT2D eigenvalue weighted by atomic mass is 9.58. The summed E-state index contributed by atoms with van der Waals surface area (Å²) in [7, 11) is 1.57. The van der Waals surface area contributed by atoms with Gasteiger partial charge in [0.2, 0.25) is 5.41 Å². The van der Waals surface area contributed by atoms with Gasteiger partial charge in [-0.1, -0.05) is 18.2 Å². The van der Waals surface area contributed by atoms with E-state index in [0.717, 1.165) is 24.0 Å². The van der Waals surface area contributed by atoms with Crippen molar-refractivity contribution in [2.24, 2.45) is 17.1 Å². The van der Waals surface area contributed by atoms with E-state index in [1.807, 2.05) is 18.2 Å². The Bertz CT molecular complexity index is 902. The number of nitriles is 2. The van der Waals surface area contributed by atoms with Crippen molar-refractivity contribution in [1.82, 2.24) is 0 Å². The molecule has 0 spiro atoms. The first-order chi connectivity index (χ1) is 13.0. The first-order valence-corrected chi connectivity index (χ1v) is 8.88. The molecule has 138 valence electrons. The van der Waals surface area contributed by atoms with Crippen LogP contribution in [-0.2, 0) is 9.53 Å². The van der Waals surface area contributed by atoms with Gasteiger partial charge in [-0.05, 0) is 49.0 Å². The third-order valence-corrected chi connectivity index (χ3v) is 5.45. The maximum Gasteiger partial charge on any atom is 0.333 e. The Morgan fingerprint density at radius 2 is 2.04 bits per heavy atom. The highest BCUT2D eigenvalue weighted by Gasteiger charge is 2.59. The van der Waals surface area contributed by atoms with Crippen LogP contribution in [0.1, 0.15) is 31.2 Å². The van der Waals surface area contributed by atoms with Crippen molar-refractivity contribution < 1.29 is 14.3 Å². The van der Waals surface area contributed by atoms with Gasteiger partial charge in [0.05, 0.1) is 31.1 Å². The van der Waals surface area contributed by atoms with Crippen LogP contribution in [0.2, 0.25) is 0 Å². The normalized spacial score (nSPS) is 26.4. The van der Waals surface area contributed by atoms with E-state index in [4.69, 9.17) is 15.2 Å². The minimum Gasteiger partial charge on any atom is -0.497 e. The summed E-state index contributed by atoms with van der Waals surface area (Å²) in [6, 6.07) is 11.5. The second-order valence-electron chi connectivity index (χ2n) is 6.63. The van der Waals surface area contributed by atoms with Crippen LogP contribution >= 0.6 is 0 Å². The van der Waals surface area contributed by atoms with Crippen LogP contribution in [0.5, 0.6) is 5.75 Å². The fraction of sp³-hybridized carbons (Fsp3) is 0.381. The zero-order valence-corrected chi connectivity index (χ0v) is 15.4. The molecule has 6 heteroatoms. The highest BCUT2D eigenvalue weighted by atomic mass is 16.5.